The van der Waals surface area contributed by atoms with Gasteiger partial charge < -0.3 is 4.90 Å². The molecule has 126 valence electrons. The minimum absolute atomic E-state index is 0.00365. The van der Waals surface area contributed by atoms with E-state index in [4.69, 9.17) is 0 Å². The smallest absolute Gasteiger partial charge is 0.237 e. The summed E-state index contributed by atoms with van der Waals surface area (Å²) in [6, 6.07) is 6.34. The van der Waals surface area contributed by atoms with Crippen molar-refractivity contribution in [3.05, 3.63) is 35.6 Å². The lowest BCUT2D eigenvalue weighted by Gasteiger charge is -2.30. The molecule has 0 aromatic heterocycles. The first-order valence-corrected chi connectivity index (χ1v) is 9.74. The third-order valence-corrected chi connectivity index (χ3v) is 6.21. The molecule has 0 saturated carbocycles. The van der Waals surface area contributed by atoms with Crippen LogP contribution in [0, 0.1) is 5.82 Å². The molecule has 7 heteroatoms. The van der Waals surface area contributed by atoms with E-state index in [0.717, 1.165) is 18.4 Å². The zero-order valence-corrected chi connectivity index (χ0v) is 13.8. The molecule has 0 bridgehead atoms. The summed E-state index contributed by atoms with van der Waals surface area (Å²) in [6.07, 6.45) is 1.74. The van der Waals surface area contributed by atoms with Crippen LogP contribution in [0.15, 0.2) is 24.3 Å². The number of halogens is 1. The fourth-order valence-corrected chi connectivity index (χ4v) is 4.59. The normalized spacial score (nSPS) is 24.7. The first-order chi connectivity index (χ1) is 10.9. The van der Waals surface area contributed by atoms with Gasteiger partial charge in [-0.25, -0.2) is 12.8 Å². The van der Waals surface area contributed by atoms with Crippen molar-refractivity contribution in [3.63, 3.8) is 0 Å². The molecule has 1 atom stereocenters. The van der Waals surface area contributed by atoms with Crippen LogP contribution in [0.3, 0.4) is 0 Å². The van der Waals surface area contributed by atoms with E-state index in [1.165, 1.54) is 12.1 Å². The van der Waals surface area contributed by atoms with E-state index in [-0.39, 0.29) is 35.8 Å². The first kappa shape index (κ1) is 16.4. The van der Waals surface area contributed by atoms with Gasteiger partial charge in [0.25, 0.3) is 0 Å². The third-order valence-electron chi connectivity index (χ3n) is 4.60. The van der Waals surface area contributed by atoms with Crippen LogP contribution in [-0.2, 0) is 14.6 Å². The number of amides is 1. The number of likely N-dealkylation sites (tertiary alicyclic amines) is 1. The van der Waals surface area contributed by atoms with Crippen LogP contribution < -0.4 is 0 Å². The van der Waals surface area contributed by atoms with Gasteiger partial charge in [0.1, 0.15) is 5.82 Å². The third kappa shape index (κ3) is 3.90. The molecule has 2 saturated heterocycles. The van der Waals surface area contributed by atoms with Crippen molar-refractivity contribution in [2.75, 3.05) is 37.7 Å². The molecule has 0 spiro atoms. The van der Waals surface area contributed by atoms with Crippen LogP contribution in [0.4, 0.5) is 4.39 Å². The average molecular weight is 340 g/mol. The van der Waals surface area contributed by atoms with Gasteiger partial charge in [0.15, 0.2) is 9.84 Å². The molecule has 0 radical (unpaired) electrons. The summed E-state index contributed by atoms with van der Waals surface area (Å²) in [7, 11) is -2.94. The second-order valence-electron chi connectivity index (χ2n) is 6.23. The summed E-state index contributed by atoms with van der Waals surface area (Å²) in [4.78, 5) is 16.3. The lowest BCUT2D eigenvalue weighted by atomic mass is 10.0. The molecule has 2 heterocycles. The monoisotopic (exact) mass is 340 g/mol. The van der Waals surface area contributed by atoms with E-state index < -0.39 is 9.84 Å². The molecule has 2 aliphatic rings. The number of nitrogens with zero attached hydrogens (tertiary/aromatic N) is 2. The second kappa shape index (κ2) is 6.57. The maximum atomic E-state index is 13.4. The van der Waals surface area contributed by atoms with E-state index in [9.17, 15) is 17.6 Å². The number of benzene rings is 1. The minimum Gasteiger partial charge on any atom is -0.335 e. The Morgan fingerprint density at radius 3 is 2.65 bits per heavy atom. The Morgan fingerprint density at radius 2 is 1.96 bits per heavy atom. The Bertz CT molecular complexity index is 678. The van der Waals surface area contributed by atoms with Gasteiger partial charge in [-0.15, -0.1) is 0 Å². The predicted octanol–water partition coefficient (Wildman–Crippen LogP) is 1.22. The molecule has 3 rings (SSSR count). The van der Waals surface area contributed by atoms with Gasteiger partial charge in [0, 0.05) is 19.6 Å². The van der Waals surface area contributed by atoms with Crippen LogP contribution in [-0.4, -0.2) is 61.8 Å². The molecule has 5 nitrogen and oxygen atoms in total. The molecule has 2 fully saturated rings. The van der Waals surface area contributed by atoms with Crippen molar-refractivity contribution in [3.8, 4) is 0 Å². The van der Waals surface area contributed by atoms with Crippen molar-refractivity contribution in [2.24, 2.45) is 0 Å². The summed E-state index contributed by atoms with van der Waals surface area (Å²) in [5, 5.41) is 0. The van der Waals surface area contributed by atoms with Crippen LogP contribution in [0.5, 0.6) is 0 Å². The average Bonchev–Trinajstić information content (AvgIpc) is 2.99. The number of hydrogen-bond donors (Lipinski definition) is 0. The van der Waals surface area contributed by atoms with Gasteiger partial charge in [-0.1, -0.05) is 12.1 Å². The summed E-state index contributed by atoms with van der Waals surface area (Å²) in [5.74, 6) is -0.0552. The Kier molecular flexibility index (Phi) is 4.68. The SMILES string of the molecule is O=C(CN1CCS(=O)(=O)CC1)N1CCC[C@@H]1c1cccc(F)c1. The van der Waals surface area contributed by atoms with Crippen molar-refractivity contribution in [2.45, 2.75) is 18.9 Å². The molecule has 1 aromatic carbocycles. The largest absolute Gasteiger partial charge is 0.335 e. The van der Waals surface area contributed by atoms with Crippen LogP contribution in [0.25, 0.3) is 0 Å². The number of rotatable bonds is 3. The topological polar surface area (TPSA) is 57.7 Å². The van der Waals surface area contributed by atoms with E-state index in [1.807, 2.05) is 11.0 Å². The van der Waals surface area contributed by atoms with Crippen LogP contribution in [0.1, 0.15) is 24.4 Å². The maximum Gasteiger partial charge on any atom is 0.237 e. The molecular weight excluding hydrogens is 319 g/mol. The summed E-state index contributed by atoms with van der Waals surface area (Å²) in [5.41, 5.74) is 0.831. The Morgan fingerprint density at radius 1 is 1.22 bits per heavy atom. The summed E-state index contributed by atoms with van der Waals surface area (Å²) < 4.78 is 36.3. The molecule has 1 amide bonds. The van der Waals surface area contributed by atoms with Crippen molar-refractivity contribution in [1.29, 1.82) is 0 Å². The highest BCUT2D eigenvalue weighted by Crippen LogP contribution is 2.32. The van der Waals surface area contributed by atoms with Crippen molar-refractivity contribution < 1.29 is 17.6 Å². The van der Waals surface area contributed by atoms with E-state index in [0.29, 0.717) is 19.6 Å². The van der Waals surface area contributed by atoms with Crippen molar-refractivity contribution >= 4 is 15.7 Å². The molecule has 0 N–H and O–H groups in total. The zero-order chi connectivity index (χ0) is 16.4. The van der Waals surface area contributed by atoms with Crippen LogP contribution in [0.2, 0.25) is 0 Å². The highest BCUT2D eigenvalue weighted by Gasteiger charge is 2.32. The summed E-state index contributed by atoms with van der Waals surface area (Å²) in [6.45, 7) is 1.73. The van der Waals surface area contributed by atoms with Gasteiger partial charge in [-0.05, 0) is 30.5 Å². The Labute approximate surface area is 136 Å². The van der Waals surface area contributed by atoms with Gasteiger partial charge in [-0.3, -0.25) is 9.69 Å². The van der Waals surface area contributed by atoms with Gasteiger partial charge in [0.05, 0.1) is 24.1 Å². The molecule has 2 aliphatic heterocycles. The Balaban J connectivity index is 1.64. The second-order valence-corrected chi connectivity index (χ2v) is 8.53. The first-order valence-electron chi connectivity index (χ1n) is 7.92. The van der Waals surface area contributed by atoms with E-state index in [2.05, 4.69) is 0 Å². The molecular formula is C16H21FN2O3S. The number of hydrogen-bond acceptors (Lipinski definition) is 4. The van der Waals surface area contributed by atoms with E-state index in [1.54, 1.807) is 11.0 Å². The minimum atomic E-state index is -2.94. The molecule has 23 heavy (non-hydrogen) atoms. The highest BCUT2D eigenvalue weighted by molar-refractivity contribution is 7.91. The predicted molar refractivity (Wildman–Crippen MR) is 85.2 cm³/mol. The Hall–Kier alpha value is -1.47. The standard InChI is InChI=1S/C16H21FN2O3S/c17-14-4-1-3-13(11-14)15-5-2-6-19(15)16(20)12-18-7-9-23(21,22)10-8-18/h1,3-4,11,15H,2,5-10,12H2/t15-/m1/s1. The molecule has 0 unspecified atom stereocenters. The number of sulfone groups is 1. The molecule has 0 aliphatic carbocycles. The zero-order valence-electron chi connectivity index (χ0n) is 12.9. The summed E-state index contributed by atoms with van der Waals surface area (Å²) >= 11 is 0. The quantitative estimate of drug-likeness (QED) is 0.830. The van der Waals surface area contributed by atoms with E-state index >= 15 is 0 Å². The van der Waals surface area contributed by atoms with Gasteiger partial charge in [0.2, 0.25) is 5.91 Å². The van der Waals surface area contributed by atoms with Crippen LogP contribution >= 0.6 is 0 Å². The van der Waals surface area contributed by atoms with Crippen molar-refractivity contribution in [1.82, 2.24) is 9.80 Å². The fourth-order valence-electron chi connectivity index (χ4n) is 3.32. The highest BCUT2D eigenvalue weighted by atomic mass is 32.2. The van der Waals surface area contributed by atoms with Gasteiger partial charge >= 0.3 is 0 Å². The lowest BCUT2D eigenvalue weighted by Crippen LogP contribution is -2.46. The molecule has 1 aromatic rings. The van der Waals surface area contributed by atoms with Gasteiger partial charge in [-0.2, -0.15) is 0 Å². The number of carbonyl (C=O) groups is 1. The number of carbonyl (C=O) groups excluding carboxylic acids is 1. The lowest BCUT2D eigenvalue weighted by molar-refractivity contribution is -0.133. The maximum absolute atomic E-state index is 13.4. The fraction of sp³-hybridized carbons (Fsp3) is 0.562.